The van der Waals surface area contributed by atoms with Crippen molar-refractivity contribution in [1.29, 1.82) is 0 Å². The zero-order valence-corrected chi connectivity index (χ0v) is 16.0. The summed E-state index contributed by atoms with van der Waals surface area (Å²) in [4.78, 5) is 33.0. The molecule has 2 amide bonds. The van der Waals surface area contributed by atoms with Gasteiger partial charge in [-0.25, -0.2) is 0 Å². The van der Waals surface area contributed by atoms with E-state index in [0.717, 1.165) is 17.7 Å². The number of benzene rings is 1. The predicted molar refractivity (Wildman–Crippen MR) is 101 cm³/mol. The van der Waals surface area contributed by atoms with E-state index < -0.39 is 0 Å². The molecule has 1 aromatic heterocycles. The van der Waals surface area contributed by atoms with Gasteiger partial charge in [0.2, 0.25) is 17.7 Å². The Kier molecular flexibility index (Phi) is 5.38. The third-order valence-electron chi connectivity index (χ3n) is 5.20. The number of hydrogen-bond acceptors (Lipinski definition) is 6. The molecule has 148 valence electrons. The van der Waals surface area contributed by atoms with Gasteiger partial charge in [0, 0.05) is 38.0 Å². The van der Waals surface area contributed by atoms with Gasteiger partial charge in [-0.15, -0.1) is 0 Å². The van der Waals surface area contributed by atoms with Crippen LogP contribution in [0.3, 0.4) is 0 Å². The van der Waals surface area contributed by atoms with Crippen molar-refractivity contribution in [3.63, 3.8) is 0 Å². The molecule has 0 unspecified atom stereocenters. The number of aromatic nitrogens is 2. The third-order valence-corrected chi connectivity index (χ3v) is 5.20. The summed E-state index contributed by atoms with van der Waals surface area (Å²) >= 11 is 0. The van der Waals surface area contributed by atoms with Gasteiger partial charge in [0.1, 0.15) is 6.54 Å². The SMILES string of the molecule is CCc1nc(C[C@@H]2CN(C(=O)CN3C(=O)CCc4ccccc43)CCO2)no1. The number of anilines is 1. The Labute approximate surface area is 163 Å². The standard InChI is InChI=1S/C20H24N4O4/c1-2-18-21-17(22-28-18)11-15-12-23(9-10-27-15)20(26)13-24-16-6-4-3-5-14(16)7-8-19(24)25/h3-6,15H,2,7-13H2,1H3/t15-/m1/s1. The lowest BCUT2D eigenvalue weighted by molar-refractivity contribution is -0.138. The second-order valence-corrected chi connectivity index (χ2v) is 7.10. The van der Waals surface area contributed by atoms with Gasteiger partial charge >= 0.3 is 0 Å². The molecule has 2 aliphatic heterocycles. The van der Waals surface area contributed by atoms with Crippen LogP contribution in [0.25, 0.3) is 0 Å². The Morgan fingerprint density at radius 3 is 2.96 bits per heavy atom. The number of carbonyl (C=O) groups excluding carboxylic acids is 2. The first kappa shape index (κ1) is 18.6. The highest BCUT2D eigenvalue weighted by atomic mass is 16.5. The molecule has 1 atom stereocenters. The lowest BCUT2D eigenvalue weighted by Crippen LogP contribution is -2.51. The number of amides is 2. The fraction of sp³-hybridized carbons (Fsp3) is 0.500. The summed E-state index contributed by atoms with van der Waals surface area (Å²) in [6.45, 7) is 3.45. The van der Waals surface area contributed by atoms with E-state index in [0.29, 0.717) is 50.7 Å². The number of carbonyl (C=O) groups is 2. The average Bonchev–Trinajstić information content (AvgIpc) is 3.18. The van der Waals surface area contributed by atoms with Crippen LogP contribution in [0.15, 0.2) is 28.8 Å². The quantitative estimate of drug-likeness (QED) is 0.774. The number of fused-ring (bicyclic) bond motifs is 1. The number of para-hydroxylation sites is 1. The number of morpholine rings is 1. The summed E-state index contributed by atoms with van der Waals surface area (Å²) in [5.74, 6) is 1.12. The topological polar surface area (TPSA) is 88.8 Å². The first-order valence-corrected chi connectivity index (χ1v) is 9.73. The number of nitrogens with zero attached hydrogens (tertiary/aromatic N) is 4. The van der Waals surface area contributed by atoms with E-state index in [1.807, 2.05) is 31.2 Å². The Hall–Kier alpha value is -2.74. The molecule has 8 heteroatoms. The predicted octanol–water partition coefficient (Wildman–Crippen LogP) is 1.38. The van der Waals surface area contributed by atoms with Gasteiger partial charge in [-0.05, 0) is 18.1 Å². The molecule has 28 heavy (non-hydrogen) atoms. The Morgan fingerprint density at radius 2 is 2.14 bits per heavy atom. The van der Waals surface area contributed by atoms with Gasteiger partial charge in [-0.2, -0.15) is 4.98 Å². The fourth-order valence-electron chi connectivity index (χ4n) is 3.69. The molecule has 4 rings (SSSR count). The maximum atomic E-state index is 12.9. The molecule has 2 aliphatic rings. The van der Waals surface area contributed by atoms with E-state index in [2.05, 4.69) is 10.1 Å². The van der Waals surface area contributed by atoms with Gasteiger partial charge in [0.05, 0.1) is 12.7 Å². The van der Waals surface area contributed by atoms with E-state index in [9.17, 15) is 9.59 Å². The molecule has 8 nitrogen and oxygen atoms in total. The van der Waals surface area contributed by atoms with Crippen molar-refractivity contribution in [2.45, 2.75) is 38.7 Å². The normalized spacial score (nSPS) is 19.6. The van der Waals surface area contributed by atoms with Gasteiger partial charge in [0.25, 0.3) is 0 Å². The number of aryl methyl sites for hydroxylation is 2. The van der Waals surface area contributed by atoms with Crippen LogP contribution < -0.4 is 4.90 Å². The van der Waals surface area contributed by atoms with Crippen LogP contribution >= 0.6 is 0 Å². The molecule has 0 N–H and O–H groups in total. The largest absolute Gasteiger partial charge is 0.374 e. The molecule has 2 aromatic rings. The van der Waals surface area contributed by atoms with Gasteiger partial charge in [0.15, 0.2) is 5.82 Å². The number of hydrogen-bond donors (Lipinski definition) is 0. The highest BCUT2D eigenvalue weighted by Gasteiger charge is 2.30. The third kappa shape index (κ3) is 3.91. The minimum Gasteiger partial charge on any atom is -0.374 e. The molecular formula is C20H24N4O4. The minimum absolute atomic E-state index is 0.00393. The monoisotopic (exact) mass is 384 g/mol. The van der Waals surface area contributed by atoms with Crippen molar-refractivity contribution < 1.29 is 18.8 Å². The number of ether oxygens (including phenoxy) is 1. The van der Waals surface area contributed by atoms with E-state index in [1.54, 1.807) is 9.80 Å². The smallest absolute Gasteiger partial charge is 0.242 e. The average molecular weight is 384 g/mol. The van der Waals surface area contributed by atoms with E-state index in [-0.39, 0.29) is 24.5 Å². The van der Waals surface area contributed by atoms with Crippen LogP contribution in [0.4, 0.5) is 5.69 Å². The van der Waals surface area contributed by atoms with Crippen LogP contribution in [0, 0.1) is 0 Å². The lowest BCUT2D eigenvalue weighted by atomic mass is 10.0. The lowest BCUT2D eigenvalue weighted by Gasteiger charge is -2.35. The fourth-order valence-corrected chi connectivity index (χ4v) is 3.69. The molecule has 0 aliphatic carbocycles. The van der Waals surface area contributed by atoms with Gasteiger partial charge in [-0.1, -0.05) is 30.3 Å². The zero-order chi connectivity index (χ0) is 19.5. The summed E-state index contributed by atoms with van der Waals surface area (Å²) in [7, 11) is 0. The summed E-state index contributed by atoms with van der Waals surface area (Å²) in [5.41, 5.74) is 1.95. The van der Waals surface area contributed by atoms with Crippen molar-refractivity contribution in [3.05, 3.63) is 41.5 Å². The minimum atomic E-state index is -0.177. The molecule has 0 saturated carbocycles. The van der Waals surface area contributed by atoms with Crippen molar-refractivity contribution >= 4 is 17.5 Å². The first-order chi connectivity index (χ1) is 13.6. The van der Waals surface area contributed by atoms with Gasteiger partial charge < -0.3 is 19.1 Å². The molecule has 1 saturated heterocycles. The highest BCUT2D eigenvalue weighted by Crippen LogP contribution is 2.27. The molecule has 1 fully saturated rings. The second-order valence-electron chi connectivity index (χ2n) is 7.10. The van der Waals surface area contributed by atoms with Crippen molar-refractivity contribution in [3.8, 4) is 0 Å². The highest BCUT2D eigenvalue weighted by molar-refractivity contribution is 6.01. The maximum Gasteiger partial charge on any atom is 0.242 e. The Balaban J connectivity index is 1.40. The summed E-state index contributed by atoms with van der Waals surface area (Å²) < 4.78 is 10.9. The molecule has 0 spiro atoms. The summed E-state index contributed by atoms with van der Waals surface area (Å²) in [5, 5.41) is 3.96. The molecular weight excluding hydrogens is 360 g/mol. The first-order valence-electron chi connectivity index (χ1n) is 9.73. The second kappa shape index (κ2) is 8.10. The molecule has 3 heterocycles. The van der Waals surface area contributed by atoms with Crippen molar-refractivity contribution in [1.82, 2.24) is 15.0 Å². The molecule has 0 radical (unpaired) electrons. The van der Waals surface area contributed by atoms with E-state index in [1.165, 1.54) is 0 Å². The Bertz CT molecular complexity index is 865. The van der Waals surface area contributed by atoms with E-state index >= 15 is 0 Å². The van der Waals surface area contributed by atoms with Crippen LogP contribution in [0.5, 0.6) is 0 Å². The summed E-state index contributed by atoms with van der Waals surface area (Å²) in [6, 6.07) is 7.78. The maximum absolute atomic E-state index is 12.9. The van der Waals surface area contributed by atoms with Crippen LogP contribution in [-0.4, -0.2) is 59.2 Å². The Morgan fingerprint density at radius 1 is 1.29 bits per heavy atom. The van der Waals surface area contributed by atoms with Crippen LogP contribution in [-0.2, 0) is 33.6 Å². The van der Waals surface area contributed by atoms with E-state index in [4.69, 9.17) is 9.26 Å². The summed E-state index contributed by atoms with van der Waals surface area (Å²) in [6.07, 6.45) is 2.18. The molecule has 0 bridgehead atoms. The zero-order valence-electron chi connectivity index (χ0n) is 16.0. The number of rotatable bonds is 5. The van der Waals surface area contributed by atoms with Crippen LogP contribution in [0.1, 0.15) is 30.6 Å². The van der Waals surface area contributed by atoms with Gasteiger partial charge in [-0.3, -0.25) is 9.59 Å². The van der Waals surface area contributed by atoms with Crippen molar-refractivity contribution in [2.24, 2.45) is 0 Å². The van der Waals surface area contributed by atoms with Crippen LogP contribution in [0.2, 0.25) is 0 Å². The molecule has 1 aromatic carbocycles. The van der Waals surface area contributed by atoms with Crippen molar-refractivity contribution in [2.75, 3.05) is 31.1 Å².